The number of nitrogens with zero attached hydrogens (tertiary/aromatic N) is 5. The molecule has 0 N–H and O–H groups in total. The molecule has 0 aliphatic rings. The van der Waals surface area contributed by atoms with Crippen LogP contribution in [0.15, 0.2) is 212 Å². The Bertz CT molecular complexity index is 3840. The van der Waals surface area contributed by atoms with E-state index in [1.165, 1.54) is 58.5 Å². The number of hydrogen-bond acceptors (Lipinski definition) is 4. The highest BCUT2D eigenvalue weighted by atomic mass is 32.1. The van der Waals surface area contributed by atoms with E-state index in [2.05, 4.69) is 191 Å². The first-order chi connectivity index (χ1) is 31.2. The van der Waals surface area contributed by atoms with Gasteiger partial charge in [-0.1, -0.05) is 146 Å². The number of thiophene rings is 1. The van der Waals surface area contributed by atoms with Gasteiger partial charge in [0.15, 0.2) is 5.82 Å². The zero-order chi connectivity index (χ0) is 41.4. The van der Waals surface area contributed by atoms with Crippen molar-refractivity contribution in [2.75, 3.05) is 0 Å². The molecular weight excluding hydrogens is 787 g/mol. The van der Waals surface area contributed by atoms with E-state index < -0.39 is 0 Å². The highest BCUT2D eigenvalue weighted by molar-refractivity contribution is 7.26. The summed E-state index contributed by atoms with van der Waals surface area (Å²) < 4.78 is 7.18. The Morgan fingerprint density at radius 1 is 0.381 bits per heavy atom. The molecule has 13 aromatic rings. The molecule has 5 nitrogen and oxygen atoms in total. The Balaban J connectivity index is 0.946. The highest BCUT2D eigenvalue weighted by Crippen LogP contribution is 2.41. The topological polar surface area (TPSA) is 48.5 Å². The number of para-hydroxylation sites is 2. The summed E-state index contributed by atoms with van der Waals surface area (Å²) in [6, 6.07) is 73.6. The van der Waals surface area contributed by atoms with Gasteiger partial charge in [0.2, 0.25) is 0 Å². The Morgan fingerprint density at radius 3 is 1.78 bits per heavy atom. The van der Waals surface area contributed by atoms with E-state index in [1.54, 1.807) is 0 Å². The molecule has 294 valence electrons. The zero-order valence-electron chi connectivity index (χ0n) is 33.9. The third-order valence-electron chi connectivity index (χ3n) is 12.4. The van der Waals surface area contributed by atoms with Gasteiger partial charge in [0.05, 0.1) is 38.0 Å². The van der Waals surface area contributed by atoms with Crippen molar-refractivity contribution in [1.82, 2.24) is 24.1 Å². The average Bonchev–Trinajstić information content (AvgIpc) is 4.02. The Labute approximate surface area is 366 Å². The van der Waals surface area contributed by atoms with Crippen LogP contribution in [0.5, 0.6) is 0 Å². The van der Waals surface area contributed by atoms with E-state index in [4.69, 9.17) is 15.0 Å². The van der Waals surface area contributed by atoms with Crippen LogP contribution in [0, 0.1) is 0 Å². The van der Waals surface area contributed by atoms with Gasteiger partial charge in [0.1, 0.15) is 5.82 Å². The minimum atomic E-state index is 0.691. The number of rotatable bonds is 6. The predicted molar refractivity (Wildman–Crippen MR) is 263 cm³/mol. The molecule has 0 saturated heterocycles. The largest absolute Gasteiger partial charge is 0.309 e. The van der Waals surface area contributed by atoms with E-state index in [0.29, 0.717) is 5.82 Å². The van der Waals surface area contributed by atoms with Crippen LogP contribution in [0.2, 0.25) is 0 Å². The number of fused-ring (bicyclic) bond motifs is 9. The van der Waals surface area contributed by atoms with Crippen LogP contribution in [0.1, 0.15) is 0 Å². The fraction of sp³-hybridized carbons (Fsp3) is 0. The van der Waals surface area contributed by atoms with E-state index >= 15 is 0 Å². The number of pyridine rings is 1. The van der Waals surface area contributed by atoms with Crippen LogP contribution in [-0.4, -0.2) is 24.1 Å². The van der Waals surface area contributed by atoms with Gasteiger partial charge < -0.3 is 4.57 Å². The normalized spacial score (nSPS) is 11.8. The fourth-order valence-corrected chi connectivity index (χ4v) is 10.7. The van der Waals surface area contributed by atoms with Crippen LogP contribution in [0.3, 0.4) is 0 Å². The van der Waals surface area contributed by atoms with Gasteiger partial charge in [-0.25, -0.2) is 9.97 Å². The maximum atomic E-state index is 5.27. The molecule has 0 aliphatic heterocycles. The third kappa shape index (κ3) is 5.73. The van der Waals surface area contributed by atoms with Crippen molar-refractivity contribution >= 4 is 75.3 Å². The molecule has 0 spiro atoms. The number of benzene rings is 8. The molecule has 0 unspecified atom stereocenters. The van der Waals surface area contributed by atoms with Crippen molar-refractivity contribution in [1.29, 1.82) is 0 Å². The first kappa shape index (κ1) is 35.6. The molecular formula is C57H35N5S. The van der Waals surface area contributed by atoms with Crippen molar-refractivity contribution in [3.05, 3.63) is 212 Å². The van der Waals surface area contributed by atoms with Crippen molar-refractivity contribution < 1.29 is 0 Å². The zero-order valence-corrected chi connectivity index (χ0v) is 34.7. The smallest absolute Gasteiger partial charge is 0.162 e. The SMILES string of the molecule is c1ccc(-c2cc(-n3c4ccccc4c4ccc(-c5ccc6c(c5)c5ccccc5n6-c5ccc(-c6ccnc7c6sc6ccccc67)cc5)cc43)nc(-c3ccccc3)n2)cc1. The average molecular weight is 822 g/mol. The Kier molecular flexibility index (Phi) is 8.01. The lowest BCUT2D eigenvalue weighted by atomic mass is 10.0. The first-order valence-electron chi connectivity index (χ1n) is 21.2. The number of aromatic nitrogens is 5. The standard InChI is InChI=1S/C57H35N5S/c1-3-13-37(14-4-1)48-35-54(60-57(59-48)38-15-5-2-6-16-38)62-50-21-11-7-17-43(50)45-29-25-40(34-52(45)62)39-26-30-51-47(33-39)44-18-8-10-20-49(44)61(51)41-27-23-36(24-28-41)42-31-32-58-55-46-19-9-12-22-53(46)63-56(42)55/h1-35H. The molecule has 5 heterocycles. The van der Waals surface area contributed by atoms with Crippen LogP contribution >= 0.6 is 11.3 Å². The maximum Gasteiger partial charge on any atom is 0.162 e. The monoisotopic (exact) mass is 821 g/mol. The second kappa shape index (κ2) is 14.2. The van der Waals surface area contributed by atoms with E-state index in [-0.39, 0.29) is 0 Å². The van der Waals surface area contributed by atoms with Gasteiger partial charge in [-0.15, -0.1) is 11.3 Å². The lowest BCUT2D eigenvalue weighted by molar-refractivity contribution is 1.05. The third-order valence-corrected chi connectivity index (χ3v) is 13.6. The Morgan fingerprint density at radius 2 is 0.984 bits per heavy atom. The summed E-state index contributed by atoms with van der Waals surface area (Å²) in [4.78, 5) is 15.1. The summed E-state index contributed by atoms with van der Waals surface area (Å²) in [6.45, 7) is 0. The lowest BCUT2D eigenvalue weighted by Crippen LogP contribution is -2.02. The van der Waals surface area contributed by atoms with Crippen molar-refractivity contribution in [3.63, 3.8) is 0 Å². The van der Waals surface area contributed by atoms with Crippen LogP contribution in [-0.2, 0) is 0 Å². The number of hydrogen-bond donors (Lipinski definition) is 0. The fourth-order valence-electron chi connectivity index (χ4n) is 9.47. The summed E-state index contributed by atoms with van der Waals surface area (Å²) in [7, 11) is 0. The summed E-state index contributed by atoms with van der Waals surface area (Å²) in [6.07, 6.45) is 1.94. The van der Waals surface area contributed by atoms with Crippen LogP contribution in [0.4, 0.5) is 0 Å². The molecule has 0 amide bonds. The van der Waals surface area contributed by atoms with Crippen LogP contribution < -0.4 is 0 Å². The van der Waals surface area contributed by atoms with E-state index in [9.17, 15) is 0 Å². The molecule has 6 heteroatoms. The molecule has 0 aliphatic carbocycles. The maximum absolute atomic E-state index is 5.27. The molecule has 0 atom stereocenters. The van der Waals surface area contributed by atoms with Gasteiger partial charge in [-0.3, -0.25) is 9.55 Å². The van der Waals surface area contributed by atoms with Crippen molar-refractivity contribution in [2.24, 2.45) is 0 Å². The van der Waals surface area contributed by atoms with Crippen LogP contribution in [0.25, 0.3) is 120 Å². The quantitative estimate of drug-likeness (QED) is 0.168. The lowest BCUT2D eigenvalue weighted by Gasteiger charge is -2.13. The molecule has 0 radical (unpaired) electrons. The molecule has 8 aromatic carbocycles. The molecule has 0 bridgehead atoms. The second-order valence-corrected chi connectivity index (χ2v) is 17.1. The minimum Gasteiger partial charge on any atom is -0.309 e. The van der Waals surface area contributed by atoms with Gasteiger partial charge in [0.25, 0.3) is 0 Å². The van der Waals surface area contributed by atoms with Gasteiger partial charge in [0, 0.05) is 66.3 Å². The van der Waals surface area contributed by atoms with Gasteiger partial charge in [-0.2, -0.15) is 0 Å². The molecule has 0 fully saturated rings. The molecule has 63 heavy (non-hydrogen) atoms. The minimum absolute atomic E-state index is 0.691. The summed E-state index contributed by atoms with van der Waals surface area (Å²) in [5.74, 6) is 1.52. The second-order valence-electron chi connectivity index (χ2n) is 16.0. The molecule has 13 rings (SSSR count). The molecule has 5 aromatic heterocycles. The van der Waals surface area contributed by atoms with Crippen molar-refractivity contribution in [3.8, 4) is 56.4 Å². The van der Waals surface area contributed by atoms with Gasteiger partial charge >= 0.3 is 0 Å². The van der Waals surface area contributed by atoms with E-state index in [1.807, 2.05) is 41.8 Å². The van der Waals surface area contributed by atoms with Crippen molar-refractivity contribution in [2.45, 2.75) is 0 Å². The summed E-state index contributed by atoms with van der Waals surface area (Å²) in [5, 5.41) is 6.00. The summed E-state index contributed by atoms with van der Waals surface area (Å²) in [5.41, 5.74) is 14.3. The highest BCUT2D eigenvalue weighted by Gasteiger charge is 2.19. The van der Waals surface area contributed by atoms with Gasteiger partial charge in [-0.05, 0) is 71.3 Å². The van der Waals surface area contributed by atoms with E-state index in [0.717, 1.165) is 56.0 Å². The predicted octanol–water partition coefficient (Wildman–Crippen LogP) is 15.1. The first-order valence-corrected chi connectivity index (χ1v) is 22.0. The molecule has 0 saturated carbocycles. The summed E-state index contributed by atoms with van der Waals surface area (Å²) >= 11 is 1.81. The Hall–Kier alpha value is -8.19.